The van der Waals surface area contributed by atoms with Gasteiger partial charge in [-0.25, -0.2) is 10.2 Å². The molecular weight excluding hydrogens is 427 g/mol. The summed E-state index contributed by atoms with van der Waals surface area (Å²) in [6, 6.07) is 19.7. The van der Waals surface area contributed by atoms with E-state index < -0.39 is 11.9 Å². The van der Waals surface area contributed by atoms with Crippen LogP contribution in [0.1, 0.15) is 15.9 Å². The van der Waals surface area contributed by atoms with Crippen molar-refractivity contribution in [3.05, 3.63) is 94.0 Å². The number of nitrogens with zero attached hydrogens (tertiary/aromatic N) is 1. The number of rotatable bonds is 7. The molecule has 3 aromatic carbocycles. The minimum Gasteiger partial charge on any atom is -0.484 e. The van der Waals surface area contributed by atoms with Gasteiger partial charge in [0.25, 0.3) is 5.91 Å². The van der Waals surface area contributed by atoms with Crippen LogP contribution < -0.4 is 14.9 Å². The number of carbonyl (C=O) groups excluding carboxylic acids is 2. The zero-order valence-corrected chi connectivity index (χ0v) is 17.1. The van der Waals surface area contributed by atoms with Crippen molar-refractivity contribution < 1.29 is 19.1 Å². The van der Waals surface area contributed by atoms with Gasteiger partial charge < -0.3 is 9.47 Å². The summed E-state index contributed by atoms with van der Waals surface area (Å²) in [5.74, 6) is 0.0190. The molecule has 1 N–H and O–H groups in total. The Morgan fingerprint density at radius 1 is 0.833 bits per heavy atom. The van der Waals surface area contributed by atoms with Crippen LogP contribution in [-0.4, -0.2) is 24.7 Å². The third-order valence-electron chi connectivity index (χ3n) is 3.76. The second-order valence-electron chi connectivity index (χ2n) is 6.00. The van der Waals surface area contributed by atoms with Crippen LogP contribution >= 0.6 is 23.2 Å². The third-order valence-corrected chi connectivity index (χ3v) is 4.26. The molecule has 0 aliphatic rings. The van der Waals surface area contributed by atoms with Gasteiger partial charge in [0.05, 0.1) is 11.8 Å². The Morgan fingerprint density at radius 2 is 1.40 bits per heavy atom. The largest absolute Gasteiger partial charge is 0.484 e. The summed E-state index contributed by atoms with van der Waals surface area (Å²) < 4.78 is 10.6. The fourth-order valence-corrected chi connectivity index (χ4v) is 2.52. The van der Waals surface area contributed by atoms with Crippen molar-refractivity contribution in [2.75, 3.05) is 6.61 Å². The number of ether oxygens (including phenoxy) is 2. The summed E-state index contributed by atoms with van der Waals surface area (Å²) in [5.41, 5.74) is 3.47. The molecule has 3 rings (SSSR count). The first-order valence-corrected chi connectivity index (χ1v) is 9.53. The highest BCUT2D eigenvalue weighted by Gasteiger charge is 2.08. The van der Waals surface area contributed by atoms with Crippen molar-refractivity contribution in [2.45, 2.75) is 0 Å². The molecule has 0 aromatic heterocycles. The molecule has 0 radical (unpaired) electrons. The molecule has 8 heteroatoms. The number of carbonyl (C=O) groups is 2. The smallest absolute Gasteiger partial charge is 0.343 e. The second-order valence-corrected chi connectivity index (χ2v) is 6.87. The van der Waals surface area contributed by atoms with Crippen LogP contribution in [0, 0.1) is 0 Å². The lowest BCUT2D eigenvalue weighted by Crippen LogP contribution is -2.24. The Bertz CT molecular complexity index is 1030. The van der Waals surface area contributed by atoms with Gasteiger partial charge in [0.1, 0.15) is 11.5 Å². The van der Waals surface area contributed by atoms with Gasteiger partial charge in [-0.3, -0.25) is 4.79 Å². The Labute approximate surface area is 183 Å². The van der Waals surface area contributed by atoms with Crippen LogP contribution in [0.2, 0.25) is 10.0 Å². The van der Waals surface area contributed by atoms with Crippen LogP contribution in [0.25, 0.3) is 0 Å². The first-order chi connectivity index (χ1) is 14.5. The topological polar surface area (TPSA) is 77.0 Å². The average Bonchev–Trinajstić information content (AvgIpc) is 2.75. The molecular formula is C22H16Cl2N2O4. The number of nitrogens with one attached hydrogen (secondary N) is 1. The molecule has 0 aliphatic heterocycles. The van der Waals surface area contributed by atoms with E-state index >= 15 is 0 Å². The van der Waals surface area contributed by atoms with Crippen molar-refractivity contribution in [3.8, 4) is 11.5 Å². The summed E-state index contributed by atoms with van der Waals surface area (Å²) in [4.78, 5) is 23.8. The molecule has 152 valence electrons. The van der Waals surface area contributed by atoms with Crippen LogP contribution in [0.5, 0.6) is 11.5 Å². The van der Waals surface area contributed by atoms with E-state index in [2.05, 4.69) is 10.5 Å². The monoisotopic (exact) mass is 442 g/mol. The molecule has 0 saturated heterocycles. The average molecular weight is 443 g/mol. The molecule has 3 aromatic rings. The number of hydrazone groups is 1. The highest BCUT2D eigenvalue weighted by atomic mass is 35.5. The lowest BCUT2D eigenvalue weighted by Gasteiger charge is -2.05. The van der Waals surface area contributed by atoms with Crippen molar-refractivity contribution in [3.63, 3.8) is 0 Å². The first-order valence-electron chi connectivity index (χ1n) is 8.78. The number of hydrogen-bond acceptors (Lipinski definition) is 5. The second kappa shape index (κ2) is 10.4. The number of benzene rings is 3. The van der Waals surface area contributed by atoms with Gasteiger partial charge >= 0.3 is 5.97 Å². The summed E-state index contributed by atoms with van der Waals surface area (Å²) in [7, 11) is 0. The molecule has 0 atom stereocenters. The number of hydrogen-bond donors (Lipinski definition) is 1. The summed E-state index contributed by atoms with van der Waals surface area (Å²) in [6.07, 6.45) is 1.46. The van der Waals surface area contributed by atoms with E-state index in [0.29, 0.717) is 32.7 Å². The number of amides is 1. The predicted octanol–water partition coefficient (Wildman–Crippen LogP) is 4.74. The summed E-state index contributed by atoms with van der Waals surface area (Å²) >= 11 is 11.6. The Kier molecular flexibility index (Phi) is 7.43. The van der Waals surface area contributed by atoms with Crippen LogP contribution in [-0.2, 0) is 4.79 Å². The lowest BCUT2D eigenvalue weighted by molar-refractivity contribution is -0.123. The zero-order chi connectivity index (χ0) is 21.3. The molecule has 0 aliphatic carbocycles. The van der Waals surface area contributed by atoms with Crippen molar-refractivity contribution >= 4 is 41.3 Å². The Morgan fingerprint density at radius 3 is 2.03 bits per heavy atom. The van der Waals surface area contributed by atoms with Crippen LogP contribution in [0.15, 0.2) is 77.9 Å². The van der Waals surface area contributed by atoms with Gasteiger partial charge in [0.2, 0.25) is 0 Å². The SMILES string of the molecule is O=C(COc1ccc(Cl)cc1)N/N=C\c1ccc(OC(=O)c2ccc(Cl)cc2)cc1. The quantitative estimate of drug-likeness (QED) is 0.248. The van der Waals surface area contributed by atoms with Crippen molar-refractivity contribution in [1.29, 1.82) is 0 Å². The summed E-state index contributed by atoms with van der Waals surface area (Å²) in [6.45, 7) is -0.182. The molecule has 6 nitrogen and oxygen atoms in total. The van der Waals surface area contributed by atoms with Crippen molar-refractivity contribution in [1.82, 2.24) is 5.43 Å². The molecule has 0 bridgehead atoms. The first kappa shape index (κ1) is 21.4. The fraction of sp³-hybridized carbons (Fsp3) is 0.0455. The molecule has 30 heavy (non-hydrogen) atoms. The van der Waals surface area contributed by atoms with E-state index in [4.69, 9.17) is 32.7 Å². The standard InChI is InChI=1S/C22H16Cl2N2O4/c23-17-5-3-16(4-6-17)22(28)30-20-9-1-15(2-10-20)13-25-26-21(27)14-29-19-11-7-18(24)8-12-19/h1-13H,14H2,(H,26,27)/b25-13-. The predicted molar refractivity (Wildman–Crippen MR) is 116 cm³/mol. The zero-order valence-electron chi connectivity index (χ0n) is 15.5. The minimum absolute atomic E-state index is 0.182. The van der Waals surface area contributed by atoms with Gasteiger partial charge in [-0.15, -0.1) is 0 Å². The maximum Gasteiger partial charge on any atom is 0.343 e. The van der Waals surface area contributed by atoms with E-state index in [1.807, 2.05) is 0 Å². The molecule has 0 spiro atoms. The van der Waals surface area contributed by atoms with Gasteiger partial charge in [-0.1, -0.05) is 23.2 Å². The normalized spacial score (nSPS) is 10.6. The van der Waals surface area contributed by atoms with E-state index in [1.54, 1.807) is 72.8 Å². The highest BCUT2D eigenvalue weighted by Crippen LogP contribution is 2.16. The van der Waals surface area contributed by atoms with Gasteiger partial charge in [-0.05, 0) is 78.4 Å². The van der Waals surface area contributed by atoms with Crippen LogP contribution in [0.3, 0.4) is 0 Å². The Balaban J connectivity index is 1.45. The molecule has 0 unspecified atom stereocenters. The molecule has 0 fully saturated rings. The van der Waals surface area contributed by atoms with E-state index in [0.717, 1.165) is 0 Å². The maximum absolute atomic E-state index is 12.1. The Hall–Kier alpha value is -3.35. The third kappa shape index (κ3) is 6.62. The number of esters is 1. The van der Waals surface area contributed by atoms with E-state index in [9.17, 15) is 9.59 Å². The molecule has 1 amide bonds. The van der Waals surface area contributed by atoms with Crippen molar-refractivity contribution in [2.24, 2.45) is 5.10 Å². The molecule has 0 saturated carbocycles. The van der Waals surface area contributed by atoms with Gasteiger partial charge in [-0.2, -0.15) is 5.10 Å². The fourth-order valence-electron chi connectivity index (χ4n) is 2.26. The number of halogens is 2. The van der Waals surface area contributed by atoms with Gasteiger partial charge in [0.15, 0.2) is 6.61 Å². The lowest BCUT2D eigenvalue weighted by atomic mass is 10.2. The van der Waals surface area contributed by atoms with Crippen LogP contribution in [0.4, 0.5) is 0 Å². The highest BCUT2D eigenvalue weighted by molar-refractivity contribution is 6.30. The maximum atomic E-state index is 12.1. The minimum atomic E-state index is -0.485. The van der Waals surface area contributed by atoms with E-state index in [1.165, 1.54) is 6.21 Å². The van der Waals surface area contributed by atoms with Gasteiger partial charge in [0, 0.05) is 10.0 Å². The molecule has 0 heterocycles. The summed E-state index contributed by atoms with van der Waals surface area (Å²) in [5, 5.41) is 4.99. The van der Waals surface area contributed by atoms with E-state index in [-0.39, 0.29) is 6.61 Å².